The molecule has 0 saturated carbocycles. The zero-order chi connectivity index (χ0) is 15.7. The lowest BCUT2D eigenvalue weighted by atomic mass is 9.75. The van der Waals surface area contributed by atoms with Gasteiger partial charge in [-0.15, -0.1) is 0 Å². The molecular weight excluding hydrogens is 290 g/mol. The van der Waals surface area contributed by atoms with Crippen molar-refractivity contribution < 1.29 is 13.2 Å². The molecule has 2 aliphatic rings. The Hall–Kier alpha value is -0.660. The van der Waals surface area contributed by atoms with Crippen LogP contribution < -0.4 is 10.0 Å². The minimum absolute atomic E-state index is 0.156. The number of nitrogens with one attached hydrogen (secondary N) is 2. The van der Waals surface area contributed by atoms with E-state index >= 15 is 0 Å². The number of rotatable bonds is 4. The molecule has 2 aliphatic heterocycles. The van der Waals surface area contributed by atoms with Gasteiger partial charge in [0.25, 0.3) is 0 Å². The van der Waals surface area contributed by atoms with E-state index in [0.717, 1.165) is 38.9 Å². The average molecular weight is 317 g/mol. The van der Waals surface area contributed by atoms with Gasteiger partial charge >= 0.3 is 0 Å². The highest BCUT2D eigenvalue weighted by molar-refractivity contribution is 7.88. The van der Waals surface area contributed by atoms with E-state index in [1.807, 2.05) is 4.90 Å². The molecule has 21 heavy (non-hydrogen) atoms. The van der Waals surface area contributed by atoms with Crippen LogP contribution in [-0.2, 0) is 14.8 Å². The van der Waals surface area contributed by atoms with Crippen LogP contribution in [0, 0.1) is 11.3 Å². The normalized spacial score (nSPS) is 30.9. The third-order valence-electron chi connectivity index (χ3n) is 4.81. The minimum atomic E-state index is -3.22. The summed E-state index contributed by atoms with van der Waals surface area (Å²) >= 11 is 0. The van der Waals surface area contributed by atoms with E-state index < -0.39 is 10.0 Å². The summed E-state index contributed by atoms with van der Waals surface area (Å²) in [7, 11) is -3.22. The lowest BCUT2D eigenvalue weighted by molar-refractivity contribution is -0.145. The van der Waals surface area contributed by atoms with Crippen LogP contribution in [0.15, 0.2) is 0 Å². The third kappa shape index (κ3) is 3.76. The molecule has 2 N–H and O–H groups in total. The molecule has 0 spiro atoms. The van der Waals surface area contributed by atoms with E-state index in [-0.39, 0.29) is 23.3 Å². The maximum atomic E-state index is 13.0. The van der Waals surface area contributed by atoms with Gasteiger partial charge in [-0.25, -0.2) is 13.1 Å². The number of amides is 1. The molecule has 122 valence electrons. The van der Waals surface area contributed by atoms with E-state index in [1.165, 1.54) is 6.26 Å². The molecule has 2 rings (SSSR count). The van der Waals surface area contributed by atoms with Gasteiger partial charge in [-0.05, 0) is 31.7 Å². The SMILES string of the molecule is CC(C)C1(C(=O)N2CCCC(NS(C)(=O)=O)C2)CCNC1. The molecule has 6 nitrogen and oxygen atoms in total. The van der Waals surface area contributed by atoms with Crippen LogP contribution in [0.2, 0.25) is 0 Å². The third-order valence-corrected chi connectivity index (χ3v) is 5.57. The van der Waals surface area contributed by atoms with Crippen molar-refractivity contribution in [3.63, 3.8) is 0 Å². The van der Waals surface area contributed by atoms with Crippen molar-refractivity contribution in [1.29, 1.82) is 0 Å². The van der Waals surface area contributed by atoms with Gasteiger partial charge in [0.1, 0.15) is 0 Å². The molecule has 0 aliphatic carbocycles. The average Bonchev–Trinajstić information content (AvgIpc) is 2.86. The number of carbonyl (C=O) groups is 1. The smallest absolute Gasteiger partial charge is 0.230 e. The van der Waals surface area contributed by atoms with Crippen LogP contribution in [0.3, 0.4) is 0 Å². The maximum absolute atomic E-state index is 13.0. The number of likely N-dealkylation sites (tertiary alicyclic amines) is 1. The maximum Gasteiger partial charge on any atom is 0.230 e. The second-order valence-electron chi connectivity index (χ2n) is 6.72. The van der Waals surface area contributed by atoms with Gasteiger partial charge in [-0.1, -0.05) is 13.8 Å². The molecule has 0 aromatic heterocycles. The lowest BCUT2D eigenvalue weighted by Crippen LogP contribution is -2.55. The standard InChI is InChI=1S/C14H27N3O3S/c1-11(2)14(6-7-15-10-14)13(18)17-8-4-5-12(9-17)16-21(3,19)20/h11-12,15-16H,4-10H2,1-3H3. The number of nitrogens with zero attached hydrogens (tertiary/aromatic N) is 1. The Morgan fingerprint density at radius 2 is 2.14 bits per heavy atom. The van der Waals surface area contributed by atoms with E-state index in [2.05, 4.69) is 23.9 Å². The summed E-state index contributed by atoms with van der Waals surface area (Å²) in [5, 5.41) is 3.30. The fourth-order valence-electron chi connectivity index (χ4n) is 3.51. The molecule has 2 fully saturated rings. The molecule has 0 bridgehead atoms. The highest BCUT2D eigenvalue weighted by Gasteiger charge is 2.46. The Labute approximate surface area is 127 Å². The van der Waals surface area contributed by atoms with Crippen LogP contribution in [-0.4, -0.2) is 57.7 Å². The van der Waals surface area contributed by atoms with E-state index in [0.29, 0.717) is 6.54 Å². The molecule has 7 heteroatoms. The van der Waals surface area contributed by atoms with Gasteiger partial charge in [0.2, 0.25) is 15.9 Å². The van der Waals surface area contributed by atoms with Crippen LogP contribution in [0.25, 0.3) is 0 Å². The molecule has 2 saturated heterocycles. The van der Waals surface area contributed by atoms with Crippen molar-refractivity contribution in [3.05, 3.63) is 0 Å². The van der Waals surface area contributed by atoms with Crippen molar-refractivity contribution in [2.24, 2.45) is 11.3 Å². The van der Waals surface area contributed by atoms with Crippen molar-refractivity contribution in [3.8, 4) is 0 Å². The minimum Gasteiger partial charge on any atom is -0.341 e. The first kappa shape index (κ1) is 16.7. The summed E-state index contributed by atoms with van der Waals surface area (Å²) in [6.45, 7) is 7.02. The predicted octanol–water partition coefficient (Wildman–Crippen LogP) is 0.162. The Kier molecular flexibility index (Phi) is 4.95. The van der Waals surface area contributed by atoms with Gasteiger partial charge in [0.05, 0.1) is 11.7 Å². The first-order chi connectivity index (χ1) is 9.74. The number of hydrogen-bond donors (Lipinski definition) is 2. The Balaban J connectivity index is 2.08. The molecule has 0 radical (unpaired) electrons. The molecular formula is C14H27N3O3S. The summed E-state index contributed by atoms with van der Waals surface area (Å²) in [5.74, 6) is 0.464. The van der Waals surface area contributed by atoms with Crippen LogP contribution in [0.4, 0.5) is 0 Å². The van der Waals surface area contributed by atoms with E-state index in [4.69, 9.17) is 0 Å². The highest BCUT2D eigenvalue weighted by atomic mass is 32.2. The summed E-state index contributed by atoms with van der Waals surface area (Å²) in [5.41, 5.74) is -0.326. The fraction of sp³-hybridized carbons (Fsp3) is 0.929. The summed E-state index contributed by atoms with van der Waals surface area (Å²) in [6.07, 6.45) is 3.68. The molecule has 0 aromatic rings. The summed E-state index contributed by atoms with van der Waals surface area (Å²) in [4.78, 5) is 14.8. The van der Waals surface area contributed by atoms with Crippen LogP contribution >= 0.6 is 0 Å². The Morgan fingerprint density at radius 3 is 2.67 bits per heavy atom. The topological polar surface area (TPSA) is 78.5 Å². The molecule has 1 amide bonds. The van der Waals surface area contributed by atoms with E-state index in [1.54, 1.807) is 0 Å². The fourth-order valence-corrected chi connectivity index (χ4v) is 4.31. The Bertz CT molecular complexity index is 484. The number of hydrogen-bond acceptors (Lipinski definition) is 4. The lowest BCUT2D eigenvalue weighted by Gasteiger charge is -2.40. The molecule has 2 heterocycles. The molecule has 2 atom stereocenters. The zero-order valence-electron chi connectivity index (χ0n) is 13.2. The second-order valence-corrected chi connectivity index (χ2v) is 8.50. The van der Waals surface area contributed by atoms with Gasteiger partial charge in [0, 0.05) is 25.7 Å². The summed E-state index contributed by atoms with van der Waals surface area (Å²) in [6, 6.07) is -0.156. The van der Waals surface area contributed by atoms with Gasteiger partial charge < -0.3 is 10.2 Å². The zero-order valence-corrected chi connectivity index (χ0v) is 14.0. The first-order valence-electron chi connectivity index (χ1n) is 7.72. The molecule has 0 aromatic carbocycles. The second kappa shape index (κ2) is 6.22. The number of piperidine rings is 1. The van der Waals surface area contributed by atoms with Crippen molar-refractivity contribution in [1.82, 2.24) is 14.9 Å². The number of carbonyl (C=O) groups excluding carboxylic acids is 1. The van der Waals surface area contributed by atoms with E-state index in [9.17, 15) is 13.2 Å². The van der Waals surface area contributed by atoms with Crippen LogP contribution in [0.1, 0.15) is 33.1 Å². The van der Waals surface area contributed by atoms with Crippen molar-refractivity contribution >= 4 is 15.9 Å². The van der Waals surface area contributed by atoms with Crippen molar-refractivity contribution in [2.75, 3.05) is 32.4 Å². The predicted molar refractivity (Wildman–Crippen MR) is 82.3 cm³/mol. The van der Waals surface area contributed by atoms with Gasteiger partial charge in [-0.2, -0.15) is 0 Å². The largest absolute Gasteiger partial charge is 0.341 e. The van der Waals surface area contributed by atoms with Gasteiger partial charge in [0.15, 0.2) is 0 Å². The van der Waals surface area contributed by atoms with Gasteiger partial charge in [-0.3, -0.25) is 4.79 Å². The van der Waals surface area contributed by atoms with Crippen LogP contribution in [0.5, 0.6) is 0 Å². The monoisotopic (exact) mass is 317 g/mol. The highest BCUT2D eigenvalue weighted by Crippen LogP contribution is 2.36. The molecule has 2 unspecified atom stereocenters. The quantitative estimate of drug-likeness (QED) is 0.774. The Morgan fingerprint density at radius 1 is 1.43 bits per heavy atom. The first-order valence-corrected chi connectivity index (χ1v) is 9.61. The van der Waals surface area contributed by atoms with Crippen molar-refractivity contribution in [2.45, 2.75) is 39.2 Å². The summed E-state index contributed by atoms with van der Waals surface area (Å²) < 4.78 is 25.4. The number of sulfonamides is 1.